The Morgan fingerprint density at radius 3 is 1.82 bits per heavy atom. The zero-order chi connectivity index (χ0) is 40.7. The summed E-state index contributed by atoms with van der Waals surface area (Å²) in [5, 5.41) is 7.29. The summed E-state index contributed by atoms with van der Waals surface area (Å²) in [7, 11) is 0. The van der Waals surface area contributed by atoms with E-state index in [0.29, 0.717) is 0 Å². The van der Waals surface area contributed by atoms with E-state index in [0.717, 1.165) is 55.7 Å². The van der Waals surface area contributed by atoms with E-state index in [1.165, 1.54) is 60.5 Å². The van der Waals surface area contributed by atoms with E-state index in [2.05, 4.69) is 219 Å². The lowest BCUT2D eigenvalue weighted by Crippen LogP contribution is -2.17. The number of para-hydroxylation sites is 1. The van der Waals surface area contributed by atoms with E-state index < -0.39 is 0 Å². The Bertz CT molecular complexity index is 3500. The van der Waals surface area contributed by atoms with E-state index in [9.17, 15) is 0 Å². The molecular weight excluding hydrogens is 739 g/mol. The molecule has 0 amide bonds. The lowest BCUT2D eigenvalue weighted by atomic mass is 9.82. The van der Waals surface area contributed by atoms with Crippen LogP contribution in [0.3, 0.4) is 0 Å². The molecule has 1 heterocycles. The number of rotatable bonds is 6. The molecule has 0 aliphatic heterocycles. The number of anilines is 3. The van der Waals surface area contributed by atoms with E-state index in [-0.39, 0.29) is 5.41 Å². The van der Waals surface area contributed by atoms with Crippen LogP contribution in [0.15, 0.2) is 217 Å². The molecule has 0 spiro atoms. The molecule has 2 heteroatoms. The molecular formula is C59H41NO. The van der Waals surface area contributed by atoms with Gasteiger partial charge in [0.25, 0.3) is 0 Å². The van der Waals surface area contributed by atoms with Crippen molar-refractivity contribution in [3.8, 4) is 44.5 Å². The molecule has 288 valence electrons. The smallest absolute Gasteiger partial charge is 0.136 e. The van der Waals surface area contributed by atoms with Gasteiger partial charge in [-0.2, -0.15) is 0 Å². The average molecular weight is 780 g/mol. The highest BCUT2D eigenvalue weighted by Crippen LogP contribution is 2.52. The van der Waals surface area contributed by atoms with Gasteiger partial charge in [0, 0.05) is 33.1 Å². The van der Waals surface area contributed by atoms with E-state index in [4.69, 9.17) is 4.42 Å². The number of benzene rings is 10. The van der Waals surface area contributed by atoms with Crippen molar-refractivity contribution in [3.63, 3.8) is 0 Å². The summed E-state index contributed by atoms with van der Waals surface area (Å²) in [4.78, 5) is 2.47. The van der Waals surface area contributed by atoms with Gasteiger partial charge in [-0.1, -0.05) is 172 Å². The van der Waals surface area contributed by atoms with Crippen molar-refractivity contribution in [1.29, 1.82) is 0 Å². The summed E-state index contributed by atoms with van der Waals surface area (Å²) in [6.45, 7) is 4.72. The van der Waals surface area contributed by atoms with Crippen LogP contribution < -0.4 is 4.90 Å². The molecule has 61 heavy (non-hydrogen) atoms. The number of hydrogen-bond acceptors (Lipinski definition) is 2. The fourth-order valence-electron chi connectivity index (χ4n) is 10.0. The van der Waals surface area contributed by atoms with Gasteiger partial charge in [-0.3, -0.25) is 0 Å². The van der Waals surface area contributed by atoms with E-state index in [1.807, 2.05) is 12.1 Å². The molecule has 0 bridgehead atoms. The van der Waals surface area contributed by atoms with Crippen LogP contribution in [0.25, 0.3) is 88.0 Å². The van der Waals surface area contributed by atoms with Gasteiger partial charge < -0.3 is 9.32 Å². The van der Waals surface area contributed by atoms with Crippen molar-refractivity contribution in [1.82, 2.24) is 0 Å². The second-order valence-corrected chi connectivity index (χ2v) is 16.9. The molecule has 1 aromatic heterocycles. The predicted octanol–water partition coefficient (Wildman–Crippen LogP) is 16.7. The van der Waals surface area contributed by atoms with Crippen LogP contribution in [0.1, 0.15) is 25.0 Å². The van der Waals surface area contributed by atoms with Crippen LogP contribution in [0, 0.1) is 0 Å². The summed E-state index contributed by atoms with van der Waals surface area (Å²) in [6.07, 6.45) is 0. The summed E-state index contributed by atoms with van der Waals surface area (Å²) in [5.41, 5.74) is 17.3. The Kier molecular flexibility index (Phi) is 7.92. The standard InChI is InChI=1S/C59H41NO/c1-59(2)54-22-12-10-20-49(54)50-33-30-44(37-55(50)59)60(43-28-24-38(25-29-43)40-26-32-52-51-21-11-13-23-57(51)61-58(52)36-40)56-35-42(27-31-46(56)39-14-4-3-5-15-39)53-34-41-16-6-7-17-45(41)47-18-8-9-19-48(47)53/h3-37H,1-2H3. The summed E-state index contributed by atoms with van der Waals surface area (Å²) < 4.78 is 6.31. The van der Waals surface area contributed by atoms with E-state index in [1.54, 1.807) is 0 Å². The number of hydrogen-bond donors (Lipinski definition) is 0. The fourth-order valence-corrected chi connectivity index (χ4v) is 10.0. The van der Waals surface area contributed by atoms with Crippen molar-refractivity contribution in [2.45, 2.75) is 19.3 Å². The van der Waals surface area contributed by atoms with Crippen LogP contribution in [0.5, 0.6) is 0 Å². The molecule has 0 N–H and O–H groups in total. The highest BCUT2D eigenvalue weighted by atomic mass is 16.3. The Morgan fingerprint density at radius 2 is 0.967 bits per heavy atom. The van der Waals surface area contributed by atoms with Crippen LogP contribution >= 0.6 is 0 Å². The highest BCUT2D eigenvalue weighted by molar-refractivity contribution is 6.14. The molecule has 1 aliphatic carbocycles. The minimum absolute atomic E-state index is 0.152. The second-order valence-electron chi connectivity index (χ2n) is 16.9. The number of nitrogens with zero attached hydrogens (tertiary/aromatic N) is 1. The van der Waals surface area contributed by atoms with Crippen molar-refractivity contribution >= 4 is 60.5 Å². The topological polar surface area (TPSA) is 16.4 Å². The number of fused-ring (bicyclic) bond motifs is 9. The molecule has 0 fully saturated rings. The minimum Gasteiger partial charge on any atom is -0.456 e. The molecule has 12 rings (SSSR count). The molecule has 1 aliphatic rings. The maximum atomic E-state index is 6.31. The third-order valence-electron chi connectivity index (χ3n) is 13.1. The molecule has 0 saturated carbocycles. The summed E-state index contributed by atoms with van der Waals surface area (Å²) in [6, 6.07) is 77.7. The van der Waals surface area contributed by atoms with Gasteiger partial charge in [-0.15, -0.1) is 0 Å². The first-order valence-electron chi connectivity index (χ1n) is 21.2. The van der Waals surface area contributed by atoms with E-state index >= 15 is 0 Å². The van der Waals surface area contributed by atoms with Crippen LogP contribution in [-0.4, -0.2) is 0 Å². The Labute approximate surface area is 355 Å². The largest absolute Gasteiger partial charge is 0.456 e. The van der Waals surface area contributed by atoms with Crippen molar-refractivity contribution < 1.29 is 4.42 Å². The van der Waals surface area contributed by atoms with Crippen molar-refractivity contribution in [3.05, 3.63) is 223 Å². The maximum absolute atomic E-state index is 6.31. The first kappa shape index (κ1) is 35.3. The molecule has 0 unspecified atom stereocenters. The minimum atomic E-state index is -0.152. The summed E-state index contributed by atoms with van der Waals surface area (Å²) >= 11 is 0. The SMILES string of the molecule is CC1(C)c2ccccc2-c2ccc(N(c3ccc(-c4ccc5c(c4)oc4ccccc45)cc3)c3cc(-c4cc5ccccc5c5ccccc45)ccc3-c3ccccc3)cc21. The Morgan fingerprint density at radius 1 is 0.344 bits per heavy atom. The maximum Gasteiger partial charge on any atom is 0.136 e. The lowest BCUT2D eigenvalue weighted by Gasteiger charge is -2.30. The van der Waals surface area contributed by atoms with Gasteiger partial charge in [0.2, 0.25) is 0 Å². The van der Waals surface area contributed by atoms with Crippen molar-refractivity contribution in [2.24, 2.45) is 0 Å². The Balaban J connectivity index is 1.08. The fraction of sp³-hybridized carbons (Fsp3) is 0.0508. The van der Waals surface area contributed by atoms with Gasteiger partial charge >= 0.3 is 0 Å². The second kappa shape index (κ2) is 13.7. The van der Waals surface area contributed by atoms with Gasteiger partial charge in [0.1, 0.15) is 11.2 Å². The summed E-state index contributed by atoms with van der Waals surface area (Å²) in [5.74, 6) is 0. The Hall–Kier alpha value is -7.68. The number of furan rings is 1. The van der Waals surface area contributed by atoms with Crippen LogP contribution in [0.2, 0.25) is 0 Å². The van der Waals surface area contributed by atoms with Gasteiger partial charge in [-0.25, -0.2) is 0 Å². The average Bonchev–Trinajstić information content (AvgIpc) is 3.80. The monoisotopic (exact) mass is 779 g/mol. The zero-order valence-corrected chi connectivity index (χ0v) is 34.1. The molecule has 0 radical (unpaired) electrons. The van der Waals surface area contributed by atoms with Gasteiger partial charge in [0.05, 0.1) is 5.69 Å². The van der Waals surface area contributed by atoms with Crippen LogP contribution in [-0.2, 0) is 5.41 Å². The first-order valence-corrected chi connectivity index (χ1v) is 21.2. The quantitative estimate of drug-likeness (QED) is 0.156. The van der Waals surface area contributed by atoms with Gasteiger partial charge in [0.15, 0.2) is 0 Å². The lowest BCUT2D eigenvalue weighted by molar-refractivity contribution is 0.660. The predicted molar refractivity (Wildman–Crippen MR) is 257 cm³/mol. The zero-order valence-electron chi connectivity index (χ0n) is 34.1. The molecule has 10 aromatic carbocycles. The molecule has 2 nitrogen and oxygen atoms in total. The van der Waals surface area contributed by atoms with Crippen LogP contribution in [0.4, 0.5) is 17.1 Å². The first-order chi connectivity index (χ1) is 30.0. The molecule has 0 saturated heterocycles. The van der Waals surface area contributed by atoms with Crippen molar-refractivity contribution in [2.75, 3.05) is 4.90 Å². The highest BCUT2D eigenvalue weighted by Gasteiger charge is 2.36. The molecule has 11 aromatic rings. The normalized spacial score (nSPS) is 12.9. The van der Waals surface area contributed by atoms with Gasteiger partial charge in [-0.05, 0) is 126 Å². The third kappa shape index (κ3) is 5.64. The molecule has 0 atom stereocenters. The third-order valence-corrected chi connectivity index (χ3v) is 13.1.